The number of carbonyl (C=O) groups excluding carboxylic acids is 1. The summed E-state index contributed by atoms with van der Waals surface area (Å²) in [6.07, 6.45) is 9.47. The first kappa shape index (κ1) is 45.8. The fraction of sp³-hybridized carbons (Fsp3) is 0.509. The molecule has 3 N–H and O–H groups in total. The minimum Gasteiger partial charge on any atom is -0.489 e. The number of pyridine rings is 1. The number of aromatic amines is 1. The fourth-order valence-electron chi connectivity index (χ4n) is 13.4. The number of sulfonamides is 1. The van der Waals surface area contributed by atoms with Crippen molar-refractivity contribution in [3.8, 4) is 11.6 Å². The van der Waals surface area contributed by atoms with Crippen LogP contribution in [0.5, 0.6) is 11.6 Å². The summed E-state index contributed by atoms with van der Waals surface area (Å²) in [6.45, 7) is 10.2. The van der Waals surface area contributed by atoms with Crippen LogP contribution in [0.3, 0.4) is 0 Å². The van der Waals surface area contributed by atoms with Gasteiger partial charge in [-0.15, -0.1) is 0 Å². The van der Waals surface area contributed by atoms with Crippen molar-refractivity contribution < 1.29 is 37.1 Å². The quantitative estimate of drug-likeness (QED) is 0.0884. The van der Waals surface area contributed by atoms with Crippen LogP contribution in [-0.2, 0) is 19.5 Å². The molecule has 2 bridgehead atoms. The fourth-order valence-corrected chi connectivity index (χ4v) is 14.4. The van der Waals surface area contributed by atoms with Crippen molar-refractivity contribution >= 4 is 55.4 Å². The lowest BCUT2D eigenvalue weighted by molar-refractivity contribution is -0.384. The zero-order chi connectivity index (χ0) is 49.0. The Hall–Kier alpha value is -5.99. The molecule has 6 atom stereocenters. The van der Waals surface area contributed by atoms with Crippen LogP contribution >= 0.6 is 0 Å². The lowest BCUT2D eigenvalue weighted by Crippen LogP contribution is -2.55. The molecule has 18 nitrogen and oxygen atoms in total. The van der Waals surface area contributed by atoms with Gasteiger partial charge in [-0.25, -0.2) is 13.1 Å². The van der Waals surface area contributed by atoms with E-state index in [9.17, 15) is 23.3 Å². The van der Waals surface area contributed by atoms with Gasteiger partial charge >= 0.3 is 0 Å². The Morgan fingerprint density at radius 1 is 0.986 bits per heavy atom. The number of piperidine rings is 1. The van der Waals surface area contributed by atoms with Crippen LogP contribution in [0.15, 0.2) is 77.8 Å². The van der Waals surface area contributed by atoms with E-state index in [1.165, 1.54) is 42.9 Å². The summed E-state index contributed by atoms with van der Waals surface area (Å²) >= 11 is 0. The predicted octanol–water partition coefficient (Wildman–Crippen LogP) is 7.24. The number of fused-ring (bicyclic) bond motifs is 6. The zero-order valence-corrected chi connectivity index (χ0v) is 41.4. The average molecular weight is 1000 g/mol. The topological polar surface area (TPSA) is 197 Å². The molecule has 0 radical (unpaired) electrons. The van der Waals surface area contributed by atoms with Crippen LogP contribution in [0.25, 0.3) is 11.0 Å². The number of H-pyrrole nitrogens is 1. The van der Waals surface area contributed by atoms with E-state index in [1.54, 1.807) is 6.07 Å². The summed E-state index contributed by atoms with van der Waals surface area (Å²) in [4.78, 5) is 43.7. The van der Waals surface area contributed by atoms with Gasteiger partial charge in [0.15, 0.2) is 11.4 Å². The molecule has 8 aliphatic rings. The van der Waals surface area contributed by atoms with E-state index in [0.29, 0.717) is 73.3 Å². The monoisotopic (exact) mass is 999 g/mol. The highest BCUT2D eigenvalue weighted by Crippen LogP contribution is 2.55. The number of nitro benzene ring substituents is 1. The maximum absolute atomic E-state index is 14.8. The van der Waals surface area contributed by atoms with Crippen molar-refractivity contribution in [3.05, 3.63) is 99.7 Å². The molecule has 5 aromatic rings. The number of carbonyl (C=O) groups is 1. The van der Waals surface area contributed by atoms with Crippen molar-refractivity contribution in [1.82, 2.24) is 24.5 Å². The van der Waals surface area contributed by atoms with Crippen molar-refractivity contribution in [2.45, 2.75) is 112 Å². The Morgan fingerprint density at radius 3 is 2.62 bits per heavy atom. The van der Waals surface area contributed by atoms with Crippen LogP contribution in [0, 0.1) is 15.5 Å². The summed E-state index contributed by atoms with van der Waals surface area (Å²) in [7, 11) is -4.69. The maximum Gasteiger partial charge on any atom is 0.297 e. The summed E-state index contributed by atoms with van der Waals surface area (Å²) in [5.74, 6) is -0.0142. The van der Waals surface area contributed by atoms with E-state index in [1.807, 2.05) is 35.4 Å². The number of ether oxygens (including phenoxy) is 4. The van der Waals surface area contributed by atoms with Crippen molar-refractivity contribution in [2.24, 2.45) is 5.41 Å². The molecule has 72 heavy (non-hydrogen) atoms. The van der Waals surface area contributed by atoms with E-state index in [0.717, 1.165) is 62.6 Å². The third-order valence-electron chi connectivity index (χ3n) is 17.1. The molecule has 378 valence electrons. The Kier molecular flexibility index (Phi) is 11.2. The second kappa shape index (κ2) is 17.6. The van der Waals surface area contributed by atoms with Crippen LogP contribution < -0.4 is 29.3 Å². The van der Waals surface area contributed by atoms with Gasteiger partial charge in [0, 0.05) is 73.7 Å². The molecule has 5 saturated heterocycles. The molecule has 3 aromatic carbocycles. The number of anilines is 4. The van der Waals surface area contributed by atoms with Gasteiger partial charge in [0.1, 0.15) is 24.0 Å². The van der Waals surface area contributed by atoms with Crippen molar-refractivity contribution in [1.29, 1.82) is 0 Å². The Labute approximate surface area is 418 Å². The van der Waals surface area contributed by atoms with Gasteiger partial charge in [-0.05, 0) is 104 Å². The molecular weight excluding hydrogens is 939 g/mol. The van der Waals surface area contributed by atoms with E-state index in [-0.39, 0.29) is 47.2 Å². The highest BCUT2D eigenvalue weighted by molar-refractivity contribution is 7.90. The third kappa shape index (κ3) is 7.93. The second-order valence-electron chi connectivity index (χ2n) is 21.7. The number of likely N-dealkylation sites (tertiary alicyclic amines) is 2. The molecule has 1 spiro atoms. The number of nitro groups is 1. The van der Waals surface area contributed by atoms with Crippen LogP contribution in [-0.4, -0.2) is 135 Å². The minimum absolute atomic E-state index is 0.0266. The van der Waals surface area contributed by atoms with Gasteiger partial charge in [0.25, 0.3) is 21.6 Å². The second-order valence-corrected chi connectivity index (χ2v) is 23.4. The number of benzene rings is 3. The molecular formula is C53H61N9O9S. The molecule has 7 aliphatic heterocycles. The van der Waals surface area contributed by atoms with Gasteiger partial charge in [-0.2, -0.15) is 4.98 Å². The highest BCUT2D eigenvalue weighted by atomic mass is 32.2. The Balaban J connectivity index is 0.778. The average Bonchev–Trinajstić information content (AvgIpc) is 4.24. The van der Waals surface area contributed by atoms with E-state index >= 15 is 0 Å². The number of hydrogen-bond donors (Lipinski definition) is 3. The highest BCUT2D eigenvalue weighted by Gasteiger charge is 2.51. The normalized spacial score (nSPS) is 26.8. The number of nitrogens with zero attached hydrogens (tertiary/aromatic N) is 6. The first-order valence-corrected chi connectivity index (χ1v) is 27.3. The number of aromatic nitrogens is 2. The van der Waals surface area contributed by atoms with E-state index in [2.05, 4.69) is 67.8 Å². The number of rotatable bonds is 11. The smallest absolute Gasteiger partial charge is 0.297 e. The summed E-state index contributed by atoms with van der Waals surface area (Å²) in [5.41, 5.74) is 5.64. The number of morpholine rings is 1. The molecule has 1 aliphatic carbocycles. The number of amides is 1. The van der Waals surface area contributed by atoms with Crippen molar-refractivity contribution in [2.75, 3.05) is 74.3 Å². The molecule has 19 heteroatoms. The Bertz CT molecular complexity index is 3080. The first-order valence-electron chi connectivity index (χ1n) is 25.8. The molecule has 6 fully saturated rings. The molecule has 0 unspecified atom stereocenters. The van der Waals surface area contributed by atoms with Gasteiger partial charge in [-0.1, -0.05) is 38.1 Å². The van der Waals surface area contributed by atoms with Crippen LogP contribution in [0.1, 0.15) is 92.2 Å². The maximum atomic E-state index is 14.8. The molecule has 9 heterocycles. The standard InChI is InChI=1S/C53H61N9O9S/c1-31(2)39-6-3-4-7-40(39)42-8-5-15-60(42)36-23-53(24-36)12-16-58(17-13-53)34-9-10-41(43(20-34)61-45-18-32-11-14-54-50(32)56-52(45)71-48-30-68-29-46(48)61)51(63)57-72(66,67)38-21-44(62(64)65)49-47(22-38)70-27-33(55-49)25-59-26-37-19-35(59)28-69-37/h3-4,6-7,9-11,14,18,20-22,31,33,35-37,42,46,48,55H,5,8,12-13,15-17,19,23-30H2,1-2H3,(H,54,56)(H,57,63)/t33-,35+,37+,42-,46+,48+/m0/s1. The third-order valence-corrected chi connectivity index (χ3v) is 18.4. The lowest BCUT2D eigenvalue weighted by atomic mass is 9.59. The summed E-state index contributed by atoms with van der Waals surface area (Å²) < 4.78 is 55.2. The number of nitrogens with one attached hydrogen (secondary N) is 3. The first-order chi connectivity index (χ1) is 34.9. The minimum atomic E-state index is -4.69. The summed E-state index contributed by atoms with van der Waals surface area (Å²) in [6, 6.07) is 21.4. The molecule has 1 saturated carbocycles. The molecule has 1 amide bonds. The lowest BCUT2D eigenvalue weighted by Gasteiger charge is -2.56. The number of hydrogen-bond acceptors (Lipinski definition) is 15. The summed E-state index contributed by atoms with van der Waals surface area (Å²) in [5, 5.41) is 16.7. The largest absolute Gasteiger partial charge is 0.489 e. The molecule has 13 rings (SSSR count). The van der Waals surface area contributed by atoms with Crippen molar-refractivity contribution in [3.63, 3.8) is 0 Å². The van der Waals surface area contributed by atoms with Gasteiger partial charge in [0.2, 0.25) is 5.88 Å². The van der Waals surface area contributed by atoms with Gasteiger partial charge in [-0.3, -0.25) is 24.7 Å². The molecule has 2 aromatic heterocycles. The van der Waals surface area contributed by atoms with E-state index in [4.69, 9.17) is 23.9 Å². The van der Waals surface area contributed by atoms with Crippen LogP contribution in [0.4, 0.5) is 28.4 Å². The van der Waals surface area contributed by atoms with Gasteiger partial charge in [0.05, 0.1) is 59.1 Å². The van der Waals surface area contributed by atoms with E-state index < -0.39 is 37.5 Å². The van der Waals surface area contributed by atoms with Gasteiger partial charge < -0.3 is 39.0 Å². The zero-order valence-electron chi connectivity index (χ0n) is 40.6. The van der Waals surface area contributed by atoms with Crippen LogP contribution in [0.2, 0.25) is 0 Å². The Morgan fingerprint density at radius 2 is 1.83 bits per heavy atom. The SMILES string of the molecule is CC(C)c1ccccc1[C@@H]1CCCN1C1CC2(CCN(c3ccc(C(=O)NS(=O)(=O)c4cc5c(c([N+](=O)[O-])c4)N[C@@H](CN4C[C@H]6C[C@@H]4CO6)CO5)c(N4c5cc6cc[nH]c6nc5O[C@@H]5COC[C@H]54)c3)CC2)C1. The predicted molar refractivity (Wildman–Crippen MR) is 270 cm³/mol.